The van der Waals surface area contributed by atoms with Crippen LogP contribution in [0.25, 0.3) is 17.4 Å². The van der Waals surface area contributed by atoms with E-state index in [1.54, 1.807) is 37.5 Å². The molecule has 0 radical (unpaired) electrons. The van der Waals surface area contributed by atoms with Crippen LogP contribution < -0.4 is 10.1 Å². The number of rotatable bonds is 5. The number of hydrogen-bond donors (Lipinski definition) is 1. The van der Waals surface area contributed by atoms with Crippen LogP contribution in [0.3, 0.4) is 0 Å². The molecule has 0 spiro atoms. The van der Waals surface area contributed by atoms with Gasteiger partial charge in [-0.25, -0.2) is 0 Å². The Morgan fingerprint density at radius 2 is 1.75 bits per heavy atom. The summed E-state index contributed by atoms with van der Waals surface area (Å²) >= 11 is 0. The number of anilines is 1. The summed E-state index contributed by atoms with van der Waals surface area (Å²) < 4.78 is 10.8. The molecule has 1 N–H and O–H groups in total. The van der Waals surface area contributed by atoms with Crippen LogP contribution in [0.5, 0.6) is 5.75 Å². The summed E-state index contributed by atoms with van der Waals surface area (Å²) in [5, 5.41) is 2.78. The monoisotopic (exact) mass is 319 g/mol. The van der Waals surface area contributed by atoms with E-state index in [-0.39, 0.29) is 5.91 Å². The van der Waals surface area contributed by atoms with E-state index in [0.29, 0.717) is 11.4 Å². The fraction of sp³-hybridized carbons (Fsp3) is 0.0500. The van der Waals surface area contributed by atoms with E-state index in [0.717, 1.165) is 17.1 Å². The highest BCUT2D eigenvalue weighted by Crippen LogP contribution is 2.22. The van der Waals surface area contributed by atoms with Gasteiger partial charge in [-0.1, -0.05) is 30.3 Å². The van der Waals surface area contributed by atoms with Gasteiger partial charge in [0.25, 0.3) is 0 Å². The average molecular weight is 319 g/mol. The lowest BCUT2D eigenvalue weighted by atomic mass is 10.2. The normalized spacial score (nSPS) is 10.7. The first-order valence-electron chi connectivity index (χ1n) is 7.53. The van der Waals surface area contributed by atoms with Gasteiger partial charge in [-0.05, 0) is 42.5 Å². The summed E-state index contributed by atoms with van der Waals surface area (Å²) in [6.45, 7) is 0. The summed E-state index contributed by atoms with van der Waals surface area (Å²) in [6.07, 6.45) is 3.09. The highest BCUT2D eigenvalue weighted by atomic mass is 16.5. The minimum atomic E-state index is -0.224. The third-order valence-corrected chi connectivity index (χ3v) is 3.44. The number of carbonyl (C=O) groups is 1. The first-order chi connectivity index (χ1) is 11.7. The molecule has 0 atom stereocenters. The Labute approximate surface area is 140 Å². The molecule has 3 aromatic rings. The standard InChI is InChI=1S/C20H17NO3/c1-23-17-9-7-16(8-10-17)21-20(22)14-12-18-11-13-19(24-18)15-5-3-2-4-6-15/h2-14H,1H3,(H,21,22)/b14-12+. The highest BCUT2D eigenvalue weighted by Gasteiger charge is 2.03. The molecule has 4 heteroatoms. The summed E-state index contributed by atoms with van der Waals surface area (Å²) in [4.78, 5) is 11.9. The van der Waals surface area contributed by atoms with E-state index in [1.807, 2.05) is 42.5 Å². The lowest BCUT2D eigenvalue weighted by Crippen LogP contribution is -2.07. The molecule has 0 aliphatic rings. The second kappa shape index (κ2) is 7.33. The van der Waals surface area contributed by atoms with Gasteiger partial charge in [0, 0.05) is 17.3 Å². The van der Waals surface area contributed by atoms with Crippen molar-refractivity contribution >= 4 is 17.7 Å². The van der Waals surface area contributed by atoms with Crippen molar-refractivity contribution < 1.29 is 13.9 Å². The Bertz CT molecular complexity index is 833. The van der Waals surface area contributed by atoms with E-state index < -0.39 is 0 Å². The topological polar surface area (TPSA) is 51.5 Å². The number of hydrogen-bond acceptors (Lipinski definition) is 3. The van der Waals surface area contributed by atoms with Gasteiger partial charge in [0.1, 0.15) is 17.3 Å². The molecular weight excluding hydrogens is 302 g/mol. The van der Waals surface area contributed by atoms with Crippen molar-refractivity contribution in [3.05, 3.63) is 78.6 Å². The minimum absolute atomic E-state index is 0.224. The molecule has 0 saturated carbocycles. The van der Waals surface area contributed by atoms with Crippen molar-refractivity contribution in [1.82, 2.24) is 0 Å². The largest absolute Gasteiger partial charge is 0.497 e. The van der Waals surface area contributed by atoms with E-state index in [2.05, 4.69) is 5.32 Å². The number of nitrogens with one attached hydrogen (secondary N) is 1. The Morgan fingerprint density at radius 1 is 1.00 bits per heavy atom. The van der Waals surface area contributed by atoms with Crippen LogP contribution in [0.2, 0.25) is 0 Å². The van der Waals surface area contributed by atoms with E-state index in [1.165, 1.54) is 6.08 Å². The quantitative estimate of drug-likeness (QED) is 0.699. The zero-order valence-corrected chi connectivity index (χ0v) is 13.2. The van der Waals surface area contributed by atoms with Crippen LogP contribution >= 0.6 is 0 Å². The zero-order chi connectivity index (χ0) is 16.8. The fourth-order valence-electron chi connectivity index (χ4n) is 2.22. The third-order valence-electron chi connectivity index (χ3n) is 3.44. The molecule has 3 rings (SSSR count). The fourth-order valence-corrected chi connectivity index (χ4v) is 2.22. The predicted molar refractivity (Wildman–Crippen MR) is 94.8 cm³/mol. The molecule has 0 aliphatic carbocycles. The van der Waals surface area contributed by atoms with Crippen molar-refractivity contribution in [2.75, 3.05) is 12.4 Å². The summed E-state index contributed by atoms with van der Waals surface area (Å²) in [6, 6.07) is 20.7. The molecule has 1 aromatic heterocycles. The highest BCUT2D eigenvalue weighted by molar-refractivity contribution is 6.01. The van der Waals surface area contributed by atoms with Crippen LogP contribution in [-0.4, -0.2) is 13.0 Å². The number of ether oxygens (including phenoxy) is 1. The van der Waals surface area contributed by atoms with E-state index in [4.69, 9.17) is 9.15 Å². The molecule has 0 saturated heterocycles. The molecular formula is C20H17NO3. The maximum absolute atomic E-state index is 11.9. The van der Waals surface area contributed by atoms with Crippen LogP contribution in [0.1, 0.15) is 5.76 Å². The van der Waals surface area contributed by atoms with Crippen LogP contribution in [-0.2, 0) is 4.79 Å². The zero-order valence-electron chi connectivity index (χ0n) is 13.2. The molecule has 120 valence electrons. The summed E-state index contributed by atoms with van der Waals surface area (Å²) in [5.74, 6) is 1.91. The Balaban J connectivity index is 1.63. The van der Waals surface area contributed by atoms with Gasteiger partial charge in [0.15, 0.2) is 0 Å². The third kappa shape index (κ3) is 3.93. The maximum Gasteiger partial charge on any atom is 0.248 e. The van der Waals surface area contributed by atoms with Gasteiger partial charge in [0.2, 0.25) is 5.91 Å². The molecule has 1 amide bonds. The Morgan fingerprint density at radius 3 is 2.46 bits per heavy atom. The lowest BCUT2D eigenvalue weighted by molar-refractivity contribution is -0.111. The minimum Gasteiger partial charge on any atom is -0.497 e. The lowest BCUT2D eigenvalue weighted by Gasteiger charge is -2.03. The van der Waals surface area contributed by atoms with Gasteiger partial charge in [-0.2, -0.15) is 0 Å². The van der Waals surface area contributed by atoms with Crippen LogP contribution in [0, 0.1) is 0 Å². The molecule has 0 fully saturated rings. The average Bonchev–Trinajstić information content (AvgIpc) is 3.10. The van der Waals surface area contributed by atoms with Crippen molar-refractivity contribution in [2.45, 2.75) is 0 Å². The molecule has 1 heterocycles. The molecule has 4 nitrogen and oxygen atoms in total. The summed E-state index contributed by atoms with van der Waals surface area (Å²) in [7, 11) is 1.60. The van der Waals surface area contributed by atoms with Gasteiger partial charge >= 0.3 is 0 Å². The van der Waals surface area contributed by atoms with Crippen molar-refractivity contribution in [3.63, 3.8) is 0 Å². The summed E-state index contributed by atoms with van der Waals surface area (Å²) in [5.41, 5.74) is 1.70. The molecule has 24 heavy (non-hydrogen) atoms. The molecule has 0 unspecified atom stereocenters. The second-order valence-electron chi connectivity index (χ2n) is 5.12. The van der Waals surface area contributed by atoms with Crippen molar-refractivity contribution in [1.29, 1.82) is 0 Å². The SMILES string of the molecule is COc1ccc(NC(=O)/C=C/c2ccc(-c3ccccc3)o2)cc1. The first kappa shape index (κ1) is 15.6. The smallest absolute Gasteiger partial charge is 0.248 e. The van der Waals surface area contributed by atoms with Gasteiger partial charge in [-0.3, -0.25) is 4.79 Å². The first-order valence-corrected chi connectivity index (χ1v) is 7.53. The maximum atomic E-state index is 11.9. The van der Waals surface area contributed by atoms with E-state index in [9.17, 15) is 4.79 Å². The van der Waals surface area contributed by atoms with Crippen molar-refractivity contribution in [2.24, 2.45) is 0 Å². The number of amides is 1. The second-order valence-corrected chi connectivity index (χ2v) is 5.12. The Hall–Kier alpha value is -3.27. The number of methoxy groups -OCH3 is 1. The van der Waals surface area contributed by atoms with E-state index >= 15 is 0 Å². The Kier molecular flexibility index (Phi) is 4.77. The van der Waals surface area contributed by atoms with Gasteiger partial charge in [0.05, 0.1) is 7.11 Å². The number of benzene rings is 2. The number of carbonyl (C=O) groups excluding carboxylic acids is 1. The van der Waals surface area contributed by atoms with Gasteiger partial charge in [-0.15, -0.1) is 0 Å². The van der Waals surface area contributed by atoms with Crippen LogP contribution in [0.4, 0.5) is 5.69 Å². The predicted octanol–water partition coefficient (Wildman–Crippen LogP) is 4.61. The molecule has 2 aromatic carbocycles. The van der Waals surface area contributed by atoms with Crippen LogP contribution in [0.15, 0.2) is 77.2 Å². The molecule has 0 aliphatic heterocycles. The number of furan rings is 1. The van der Waals surface area contributed by atoms with Crippen molar-refractivity contribution in [3.8, 4) is 17.1 Å². The molecule has 0 bridgehead atoms. The van der Waals surface area contributed by atoms with Gasteiger partial charge < -0.3 is 14.5 Å².